The van der Waals surface area contributed by atoms with Gasteiger partial charge < -0.3 is 0 Å². The van der Waals surface area contributed by atoms with Crippen molar-refractivity contribution >= 4 is 6.21 Å². The maximum absolute atomic E-state index is 4.27. The molecule has 0 bridgehead atoms. The Kier molecular flexibility index (Phi) is 3.75. The topological polar surface area (TPSA) is 12.4 Å². The van der Waals surface area contributed by atoms with Crippen LogP contribution < -0.4 is 0 Å². The first kappa shape index (κ1) is 13.8. The lowest BCUT2D eigenvalue weighted by molar-refractivity contribution is 0.271. The Morgan fingerprint density at radius 2 is 1.79 bits per heavy atom. The molecule has 1 aromatic rings. The Bertz CT molecular complexity index is 514. The van der Waals surface area contributed by atoms with Crippen LogP contribution >= 0.6 is 0 Å². The third-order valence-electron chi connectivity index (χ3n) is 3.81. The van der Waals surface area contributed by atoms with Crippen LogP contribution in [0.5, 0.6) is 0 Å². The molecular weight excluding hydrogens is 230 g/mol. The second-order valence-corrected chi connectivity index (χ2v) is 6.34. The zero-order valence-corrected chi connectivity index (χ0v) is 12.4. The van der Waals surface area contributed by atoms with Gasteiger partial charge in [0.05, 0.1) is 0 Å². The van der Waals surface area contributed by atoms with Gasteiger partial charge in [-0.3, -0.25) is 4.99 Å². The molecule has 2 unspecified atom stereocenters. The van der Waals surface area contributed by atoms with E-state index in [9.17, 15) is 0 Å². The fourth-order valence-corrected chi connectivity index (χ4v) is 3.13. The van der Waals surface area contributed by atoms with E-state index in [1.807, 2.05) is 13.3 Å². The minimum atomic E-state index is 0.187. The van der Waals surface area contributed by atoms with Crippen molar-refractivity contribution in [1.29, 1.82) is 0 Å². The average Bonchev–Trinajstić information content (AvgIpc) is 2.67. The first-order chi connectivity index (χ1) is 8.95. The van der Waals surface area contributed by atoms with E-state index < -0.39 is 0 Å². The average molecular weight is 253 g/mol. The van der Waals surface area contributed by atoms with Gasteiger partial charge in [0.25, 0.3) is 0 Å². The van der Waals surface area contributed by atoms with Gasteiger partial charge in [-0.25, -0.2) is 0 Å². The van der Waals surface area contributed by atoms with Crippen molar-refractivity contribution in [2.45, 2.75) is 26.7 Å². The van der Waals surface area contributed by atoms with Gasteiger partial charge in [0, 0.05) is 25.1 Å². The van der Waals surface area contributed by atoms with Crippen LogP contribution in [-0.4, -0.2) is 13.3 Å². The van der Waals surface area contributed by atoms with E-state index in [2.05, 4.69) is 68.8 Å². The molecule has 0 fully saturated rings. The molecule has 0 N–H and O–H groups in total. The highest BCUT2D eigenvalue weighted by Crippen LogP contribution is 2.50. The van der Waals surface area contributed by atoms with E-state index >= 15 is 0 Å². The first-order valence-corrected chi connectivity index (χ1v) is 6.82. The van der Waals surface area contributed by atoms with Crippen molar-refractivity contribution in [1.82, 2.24) is 0 Å². The lowest BCUT2D eigenvalue weighted by Gasteiger charge is -2.34. The molecule has 1 aromatic carbocycles. The molecule has 0 aromatic heterocycles. The molecule has 2 rings (SSSR count). The summed E-state index contributed by atoms with van der Waals surface area (Å²) in [7, 11) is 1.83. The van der Waals surface area contributed by atoms with Crippen molar-refractivity contribution in [3.63, 3.8) is 0 Å². The van der Waals surface area contributed by atoms with Crippen molar-refractivity contribution < 1.29 is 0 Å². The summed E-state index contributed by atoms with van der Waals surface area (Å²) in [6.45, 7) is 11.2. The van der Waals surface area contributed by atoms with E-state index in [-0.39, 0.29) is 5.41 Å². The van der Waals surface area contributed by atoms with Gasteiger partial charge in [-0.1, -0.05) is 63.8 Å². The van der Waals surface area contributed by atoms with Crippen LogP contribution in [0.1, 0.15) is 32.3 Å². The quantitative estimate of drug-likeness (QED) is 0.681. The summed E-state index contributed by atoms with van der Waals surface area (Å²) >= 11 is 0. The Balaban J connectivity index is 2.47. The summed E-state index contributed by atoms with van der Waals surface area (Å²) in [5.74, 6) is 0.806. The third-order valence-corrected chi connectivity index (χ3v) is 3.81. The van der Waals surface area contributed by atoms with Gasteiger partial charge in [-0.2, -0.15) is 0 Å². The molecule has 100 valence electrons. The molecule has 1 aliphatic carbocycles. The van der Waals surface area contributed by atoms with Gasteiger partial charge in [-0.05, 0) is 22.1 Å². The maximum Gasteiger partial charge on any atom is 0.0277 e. The monoisotopic (exact) mass is 253 g/mol. The number of aliphatic imine (C=N–C) groups is 1. The maximum atomic E-state index is 4.27. The zero-order valence-electron chi connectivity index (χ0n) is 12.4. The second kappa shape index (κ2) is 5.16. The minimum absolute atomic E-state index is 0.187. The fraction of sp³-hybridized carbons (Fsp3) is 0.389. The smallest absolute Gasteiger partial charge is 0.0277 e. The van der Waals surface area contributed by atoms with Gasteiger partial charge in [0.1, 0.15) is 0 Å². The molecule has 1 heteroatoms. The minimum Gasteiger partial charge on any atom is -0.296 e. The molecule has 0 saturated heterocycles. The molecule has 0 aliphatic heterocycles. The van der Waals surface area contributed by atoms with Crippen LogP contribution in [0.3, 0.4) is 0 Å². The summed E-state index contributed by atoms with van der Waals surface area (Å²) in [5, 5.41) is 0. The summed E-state index contributed by atoms with van der Waals surface area (Å²) in [6, 6.07) is 10.7. The number of nitrogens with zero attached hydrogens (tertiary/aromatic N) is 1. The molecule has 0 heterocycles. The number of hydrogen-bond acceptors (Lipinski definition) is 1. The van der Waals surface area contributed by atoms with Gasteiger partial charge in [0.15, 0.2) is 0 Å². The summed E-state index contributed by atoms with van der Waals surface area (Å²) in [6.07, 6.45) is 4.20. The lowest BCUT2D eigenvalue weighted by atomic mass is 9.69. The molecule has 1 nitrogen and oxygen atoms in total. The standard InChI is InChI=1S/C18H23N/c1-13-11-15(12-19-5)17(18(2,3)4)16(13)14-9-7-6-8-10-14/h6-12,16-17H,1H2,2-5H3. The zero-order chi connectivity index (χ0) is 14.0. The van der Waals surface area contributed by atoms with Gasteiger partial charge in [0.2, 0.25) is 0 Å². The molecular formula is C18H23N. The first-order valence-electron chi connectivity index (χ1n) is 6.82. The highest BCUT2D eigenvalue weighted by Gasteiger charge is 2.40. The molecule has 0 radical (unpaired) electrons. The predicted molar refractivity (Wildman–Crippen MR) is 83.8 cm³/mol. The van der Waals surface area contributed by atoms with Crippen LogP contribution in [-0.2, 0) is 0 Å². The largest absolute Gasteiger partial charge is 0.296 e. The van der Waals surface area contributed by atoms with Crippen LogP contribution in [0.4, 0.5) is 0 Å². The van der Waals surface area contributed by atoms with E-state index in [0.717, 1.165) is 0 Å². The van der Waals surface area contributed by atoms with Crippen LogP contribution in [0, 0.1) is 11.3 Å². The molecule has 0 amide bonds. The van der Waals surface area contributed by atoms with Crippen molar-refractivity contribution in [2.75, 3.05) is 7.05 Å². The number of allylic oxidation sites excluding steroid dienone is 3. The van der Waals surface area contributed by atoms with E-state index in [1.165, 1.54) is 16.7 Å². The Labute approximate surface area is 116 Å². The molecule has 2 atom stereocenters. The molecule has 19 heavy (non-hydrogen) atoms. The highest BCUT2D eigenvalue weighted by molar-refractivity contribution is 5.82. The van der Waals surface area contributed by atoms with Gasteiger partial charge >= 0.3 is 0 Å². The Hall–Kier alpha value is -1.63. The van der Waals surface area contributed by atoms with Crippen LogP contribution in [0.15, 0.2) is 59.1 Å². The number of benzene rings is 1. The van der Waals surface area contributed by atoms with Crippen molar-refractivity contribution in [3.8, 4) is 0 Å². The SMILES string of the molecule is C=C1C=C(C=NC)C(C(C)(C)C)C1c1ccccc1. The number of hydrogen-bond donors (Lipinski definition) is 0. The predicted octanol–water partition coefficient (Wildman–Crippen LogP) is 4.63. The summed E-state index contributed by atoms with van der Waals surface area (Å²) < 4.78 is 0. The third kappa shape index (κ3) is 2.70. The lowest BCUT2D eigenvalue weighted by Crippen LogP contribution is -2.26. The Morgan fingerprint density at radius 3 is 2.32 bits per heavy atom. The normalized spacial score (nSPS) is 24.0. The van der Waals surface area contributed by atoms with Crippen molar-refractivity contribution in [3.05, 3.63) is 59.7 Å². The van der Waals surface area contributed by atoms with E-state index in [4.69, 9.17) is 0 Å². The van der Waals surface area contributed by atoms with Crippen LogP contribution in [0.25, 0.3) is 0 Å². The molecule has 0 spiro atoms. The van der Waals surface area contributed by atoms with Crippen molar-refractivity contribution in [2.24, 2.45) is 16.3 Å². The van der Waals surface area contributed by atoms with E-state index in [0.29, 0.717) is 11.8 Å². The number of rotatable bonds is 2. The summed E-state index contributed by atoms with van der Waals surface area (Å²) in [4.78, 5) is 4.21. The molecule has 0 saturated carbocycles. The Morgan fingerprint density at radius 1 is 1.16 bits per heavy atom. The van der Waals surface area contributed by atoms with Gasteiger partial charge in [-0.15, -0.1) is 0 Å². The summed E-state index contributed by atoms with van der Waals surface area (Å²) in [5.41, 5.74) is 4.03. The second-order valence-electron chi connectivity index (χ2n) is 6.34. The highest BCUT2D eigenvalue weighted by atomic mass is 14.6. The van der Waals surface area contributed by atoms with E-state index in [1.54, 1.807) is 0 Å². The molecule has 1 aliphatic rings. The fourth-order valence-electron chi connectivity index (χ4n) is 3.13. The van der Waals surface area contributed by atoms with Crippen LogP contribution in [0.2, 0.25) is 0 Å².